The summed E-state index contributed by atoms with van der Waals surface area (Å²) in [5.74, 6) is -0.199. The van der Waals surface area contributed by atoms with E-state index in [9.17, 15) is 12.8 Å². The Bertz CT molecular complexity index is 555. The van der Waals surface area contributed by atoms with Gasteiger partial charge in [0, 0.05) is 13.1 Å². The highest BCUT2D eigenvalue weighted by molar-refractivity contribution is 7.89. The van der Waals surface area contributed by atoms with Crippen LogP contribution in [0.3, 0.4) is 0 Å². The van der Waals surface area contributed by atoms with Gasteiger partial charge in [0.2, 0.25) is 10.0 Å². The zero-order chi connectivity index (χ0) is 13.5. The van der Waals surface area contributed by atoms with Crippen molar-refractivity contribution in [3.05, 3.63) is 24.0 Å². The zero-order valence-corrected chi connectivity index (χ0v) is 11.2. The molecule has 0 aromatic heterocycles. The van der Waals surface area contributed by atoms with Gasteiger partial charge in [0.1, 0.15) is 10.7 Å². The van der Waals surface area contributed by atoms with Crippen molar-refractivity contribution < 1.29 is 12.8 Å². The first-order valence-electron chi connectivity index (χ1n) is 5.87. The van der Waals surface area contributed by atoms with Crippen LogP contribution in [-0.2, 0) is 10.0 Å². The van der Waals surface area contributed by atoms with E-state index in [1.54, 1.807) is 0 Å². The van der Waals surface area contributed by atoms with Crippen LogP contribution >= 0.6 is 0 Å². The predicted molar refractivity (Wildman–Crippen MR) is 67.9 cm³/mol. The summed E-state index contributed by atoms with van der Waals surface area (Å²) >= 11 is 0. The van der Waals surface area contributed by atoms with E-state index < -0.39 is 15.8 Å². The van der Waals surface area contributed by atoms with Crippen LogP contribution in [0.15, 0.2) is 23.1 Å². The average Bonchev–Trinajstić information content (AvgIpc) is 3.14. The van der Waals surface area contributed by atoms with Crippen LogP contribution in [0.4, 0.5) is 10.1 Å². The molecule has 0 saturated heterocycles. The molecule has 0 amide bonds. The summed E-state index contributed by atoms with van der Waals surface area (Å²) < 4.78 is 39.2. The van der Waals surface area contributed by atoms with E-state index in [1.165, 1.54) is 17.4 Å². The van der Waals surface area contributed by atoms with Crippen molar-refractivity contribution in [1.29, 1.82) is 0 Å². The second-order valence-electron chi connectivity index (χ2n) is 4.78. The molecule has 2 rings (SSSR count). The molecule has 1 atom stereocenters. The Kier molecular flexibility index (Phi) is 3.33. The Balaban J connectivity index is 2.37. The molecule has 1 aliphatic carbocycles. The van der Waals surface area contributed by atoms with E-state index in [1.807, 2.05) is 6.92 Å². The van der Waals surface area contributed by atoms with Crippen molar-refractivity contribution in [2.45, 2.75) is 30.7 Å². The summed E-state index contributed by atoms with van der Waals surface area (Å²) in [5, 5.41) is 0. The first-order valence-corrected chi connectivity index (χ1v) is 7.31. The summed E-state index contributed by atoms with van der Waals surface area (Å²) in [6.07, 6.45) is 2.08. The molecule has 0 radical (unpaired) electrons. The third-order valence-electron chi connectivity index (χ3n) is 3.51. The summed E-state index contributed by atoms with van der Waals surface area (Å²) in [6, 6.07) is 3.31. The number of anilines is 1. The van der Waals surface area contributed by atoms with Gasteiger partial charge in [-0.05, 0) is 43.9 Å². The largest absolute Gasteiger partial charge is 0.398 e. The molecule has 1 aromatic rings. The molecule has 18 heavy (non-hydrogen) atoms. The number of benzene rings is 1. The SMILES string of the molecule is CC(C1CC1)N(C)S(=O)(=O)c1cc(F)ccc1N. The summed E-state index contributed by atoms with van der Waals surface area (Å²) in [7, 11) is -2.21. The lowest BCUT2D eigenvalue weighted by molar-refractivity contribution is 0.357. The van der Waals surface area contributed by atoms with E-state index in [2.05, 4.69) is 0 Å². The molecule has 100 valence electrons. The quantitative estimate of drug-likeness (QED) is 0.850. The Morgan fingerprint density at radius 2 is 2.06 bits per heavy atom. The van der Waals surface area contributed by atoms with E-state index in [0.29, 0.717) is 5.92 Å². The minimum absolute atomic E-state index is 0.0752. The number of halogens is 1. The standard InChI is InChI=1S/C12H17FN2O2S/c1-8(9-3-4-9)15(2)18(16,17)12-7-10(13)5-6-11(12)14/h5-9H,3-4,14H2,1-2H3. The molecule has 0 bridgehead atoms. The van der Waals surface area contributed by atoms with Crippen LogP contribution in [0, 0.1) is 11.7 Å². The maximum Gasteiger partial charge on any atom is 0.245 e. The lowest BCUT2D eigenvalue weighted by Gasteiger charge is -2.24. The molecule has 1 saturated carbocycles. The molecule has 1 fully saturated rings. The molecule has 1 aromatic carbocycles. The van der Waals surface area contributed by atoms with Crippen molar-refractivity contribution in [3.8, 4) is 0 Å². The Morgan fingerprint density at radius 1 is 1.44 bits per heavy atom. The third kappa shape index (κ3) is 2.35. The van der Waals surface area contributed by atoms with Crippen LogP contribution in [0.5, 0.6) is 0 Å². The monoisotopic (exact) mass is 272 g/mol. The highest BCUT2D eigenvalue weighted by Gasteiger charge is 2.36. The fourth-order valence-electron chi connectivity index (χ4n) is 1.98. The molecular weight excluding hydrogens is 255 g/mol. The molecule has 6 heteroatoms. The van der Waals surface area contributed by atoms with Gasteiger partial charge in [-0.15, -0.1) is 0 Å². The van der Waals surface area contributed by atoms with Gasteiger partial charge in [0.05, 0.1) is 5.69 Å². The highest BCUT2D eigenvalue weighted by Crippen LogP contribution is 2.37. The second-order valence-corrected chi connectivity index (χ2v) is 6.75. The molecule has 0 aliphatic heterocycles. The number of rotatable bonds is 4. The number of hydrogen-bond donors (Lipinski definition) is 1. The maximum absolute atomic E-state index is 13.2. The van der Waals surface area contributed by atoms with E-state index in [4.69, 9.17) is 5.73 Å². The molecule has 0 spiro atoms. The smallest absolute Gasteiger partial charge is 0.245 e. The highest BCUT2D eigenvalue weighted by atomic mass is 32.2. The lowest BCUT2D eigenvalue weighted by Crippen LogP contribution is -2.36. The molecule has 2 N–H and O–H groups in total. The molecule has 1 aliphatic rings. The minimum Gasteiger partial charge on any atom is -0.398 e. The van der Waals surface area contributed by atoms with Crippen molar-refractivity contribution >= 4 is 15.7 Å². The third-order valence-corrected chi connectivity index (χ3v) is 5.51. The van der Waals surface area contributed by atoms with Crippen LogP contribution in [-0.4, -0.2) is 25.8 Å². The van der Waals surface area contributed by atoms with Gasteiger partial charge in [-0.1, -0.05) is 0 Å². The summed E-state index contributed by atoms with van der Waals surface area (Å²) in [6.45, 7) is 1.87. The number of nitrogens with zero attached hydrogens (tertiary/aromatic N) is 1. The number of hydrogen-bond acceptors (Lipinski definition) is 3. The van der Waals surface area contributed by atoms with E-state index in [0.717, 1.165) is 25.0 Å². The Labute approximate surface area is 107 Å². The van der Waals surface area contributed by atoms with Gasteiger partial charge in [-0.3, -0.25) is 0 Å². The minimum atomic E-state index is -3.73. The van der Waals surface area contributed by atoms with Crippen molar-refractivity contribution in [2.24, 2.45) is 5.92 Å². The molecule has 0 heterocycles. The Hall–Kier alpha value is -1.14. The average molecular weight is 272 g/mol. The molecular formula is C12H17FN2O2S. The molecule has 4 nitrogen and oxygen atoms in total. The second kappa shape index (κ2) is 4.51. The van der Waals surface area contributed by atoms with Crippen molar-refractivity contribution in [1.82, 2.24) is 4.31 Å². The van der Waals surface area contributed by atoms with Crippen LogP contribution in [0.25, 0.3) is 0 Å². The van der Waals surface area contributed by atoms with Crippen LogP contribution in [0.1, 0.15) is 19.8 Å². The van der Waals surface area contributed by atoms with Gasteiger partial charge in [-0.25, -0.2) is 12.8 Å². The number of nitrogen functional groups attached to an aromatic ring is 1. The summed E-state index contributed by atoms with van der Waals surface area (Å²) in [5.41, 5.74) is 5.71. The van der Waals surface area contributed by atoms with Gasteiger partial charge in [0.15, 0.2) is 0 Å². The van der Waals surface area contributed by atoms with Gasteiger partial charge in [0.25, 0.3) is 0 Å². The topological polar surface area (TPSA) is 63.4 Å². The van der Waals surface area contributed by atoms with Gasteiger partial charge in [-0.2, -0.15) is 4.31 Å². The number of nitrogens with two attached hydrogens (primary N) is 1. The predicted octanol–water partition coefficient (Wildman–Crippen LogP) is 1.83. The van der Waals surface area contributed by atoms with Crippen LogP contribution in [0.2, 0.25) is 0 Å². The van der Waals surface area contributed by atoms with Gasteiger partial charge >= 0.3 is 0 Å². The lowest BCUT2D eigenvalue weighted by atomic mass is 10.2. The first kappa shape index (κ1) is 13.3. The van der Waals surface area contributed by atoms with E-state index >= 15 is 0 Å². The fourth-order valence-corrected chi connectivity index (χ4v) is 3.53. The molecule has 1 unspecified atom stereocenters. The van der Waals surface area contributed by atoms with Crippen molar-refractivity contribution in [2.75, 3.05) is 12.8 Å². The normalized spacial score (nSPS) is 18.0. The fraction of sp³-hybridized carbons (Fsp3) is 0.500. The van der Waals surface area contributed by atoms with Crippen molar-refractivity contribution in [3.63, 3.8) is 0 Å². The Morgan fingerprint density at radius 3 is 2.61 bits per heavy atom. The number of sulfonamides is 1. The van der Waals surface area contributed by atoms with Gasteiger partial charge < -0.3 is 5.73 Å². The maximum atomic E-state index is 13.2. The van der Waals surface area contributed by atoms with Crippen LogP contribution < -0.4 is 5.73 Å². The zero-order valence-electron chi connectivity index (χ0n) is 10.4. The van der Waals surface area contributed by atoms with E-state index in [-0.39, 0.29) is 16.6 Å². The summed E-state index contributed by atoms with van der Waals surface area (Å²) in [4.78, 5) is -0.155. The first-order chi connectivity index (χ1) is 8.34.